The Bertz CT molecular complexity index is 839. The topological polar surface area (TPSA) is 63.3 Å². The van der Waals surface area contributed by atoms with Crippen molar-refractivity contribution in [2.45, 2.75) is 20.8 Å². The predicted molar refractivity (Wildman–Crippen MR) is 80.6 cm³/mol. The van der Waals surface area contributed by atoms with Gasteiger partial charge in [-0.1, -0.05) is 23.8 Å². The van der Waals surface area contributed by atoms with Crippen LogP contribution in [0.2, 0.25) is 0 Å². The summed E-state index contributed by atoms with van der Waals surface area (Å²) >= 11 is 0. The van der Waals surface area contributed by atoms with Gasteiger partial charge in [-0.25, -0.2) is 9.78 Å². The number of oxazole rings is 1. The number of rotatable bonds is 2. The predicted octanol–water partition coefficient (Wildman–Crippen LogP) is 4.12. The number of carboxylic acids is 1. The van der Waals surface area contributed by atoms with E-state index in [1.165, 1.54) is 11.6 Å². The van der Waals surface area contributed by atoms with Gasteiger partial charge in [-0.15, -0.1) is 0 Å². The molecule has 3 rings (SSSR count). The zero-order valence-corrected chi connectivity index (χ0v) is 12.1. The number of aromatic nitrogens is 1. The lowest BCUT2D eigenvalue weighted by molar-refractivity contribution is 0.0699. The average Bonchev–Trinajstić information content (AvgIpc) is 2.79. The second-order valence-corrected chi connectivity index (χ2v) is 5.25. The first-order valence-electron chi connectivity index (χ1n) is 6.68. The number of aromatic carboxylic acids is 1. The highest BCUT2D eigenvalue weighted by molar-refractivity contribution is 6.00. The molecular formula is C17H15NO3. The molecule has 0 bridgehead atoms. The minimum absolute atomic E-state index is 0.157. The normalized spacial score (nSPS) is 11.0. The number of hydrogen-bond acceptors (Lipinski definition) is 3. The summed E-state index contributed by atoms with van der Waals surface area (Å²) in [6, 6.07) is 9.06. The second-order valence-electron chi connectivity index (χ2n) is 5.25. The van der Waals surface area contributed by atoms with Crippen LogP contribution < -0.4 is 0 Å². The van der Waals surface area contributed by atoms with E-state index in [2.05, 4.69) is 17.1 Å². The number of para-hydroxylation sites is 1. The highest BCUT2D eigenvalue weighted by atomic mass is 16.4. The lowest BCUT2D eigenvalue weighted by Crippen LogP contribution is -1.96. The van der Waals surface area contributed by atoms with Crippen molar-refractivity contribution in [3.05, 3.63) is 52.6 Å². The molecule has 0 spiro atoms. The standard InChI is InChI=1S/C17H15NO3/c1-9-7-10(2)14(11(3)8-9)16-18-15-12(17(19)20)5-4-6-13(15)21-16/h4-8H,1-3H3,(H,19,20). The average molecular weight is 281 g/mol. The van der Waals surface area contributed by atoms with Gasteiger partial charge in [-0.2, -0.15) is 0 Å². The smallest absolute Gasteiger partial charge is 0.338 e. The fraction of sp³-hybridized carbons (Fsp3) is 0.176. The molecule has 1 heterocycles. The summed E-state index contributed by atoms with van der Waals surface area (Å²) in [7, 11) is 0. The first kappa shape index (κ1) is 13.4. The van der Waals surface area contributed by atoms with Gasteiger partial charge in [0.05, 0.1) is 5.56 Å². The minimum atomic E-state index is -1.00. The minimum Gasteiger partial charge on any atom is -0.478 e. The zero-order valence-electron chi connectivity index (χ0n) is 12.1. The molecule has 3 aromatic rings. The van der Waals surface area contributed by atoms with Crippen molar-refractivity contribution < 1.29 is 14.3 Å². The molecule has 0 amide bonds. The fourth-order valence-electron chi connectivity index (χ4n) is 2.75. The third kappa shape index (κ3) is 2.18. The highest BCUT2D eigenvalue weighted by Gasteiger charge is 2.17. The summed E-state index contributed by atoms with van der Waals surface area (Å²) in [4.78, 5) is 15.7. The Morgan fingerprint density at radius 2 is 1.81 bits per heavy atom. The number of carboxylic acid groups (broad SMARTS) is 1. The molecule has 1 aromatic heterocycles. The van der Waals surface area contributed by atoms with Gasteiger partial charge >= 0.3 is 5.97 Å². The van der Waals surface area contributed by atoms with Crippen molar-refractivity contribution in [1.82, 2.24) is 4.98 Å². The molecule has 0 aliphatic rings. The van der Waals surface area contributed by atoms with E-state index in [1.807, 2.05) is 20.8 Å². The summed E-state index contributed by atoms with van der Waals surface area (Å²) in [5.74, 6) is -0.536. The lowest BCUT2D eigenvalue weighted by atomic mass is 10.00. The van der Waals surface area contributed by atoms with Crippen LogP contribution in [0.3, 0.4) is 0 Å². The highest BCUT2D eigenvalue weighted by Crippen LogP contribution is 2.31. The van der Waals surface area contributed by atoms with Gasteiger partial charge in [0.1, 0.15) is 5.52 Å². The van der Waals surface area contributed by atoms with E-state index in [0.717, 1.165) is 16.7 Å². The molecule has 0 fully saturated rings. The monoisotopic (exact) mass is 281 g/mol. The molecule has 0 atom stereocenters. The summed E-state index contributed by atoms with van der Waals surface area (Å²) in [6.45, 7) is 6.04. The van der Waals surface area contributed by atoms with E-state index < -0.39 is 5.97 Å². The van der Waals surface area contributed by atoms with E-state index in [1.54, 1.807) is 12.1 Å². The Balaban J connectivity index is 2.28. The molecule has 2 aromatic carbocycles. The van der Waals surface area contributed by atoms with E-state index in [0.29, 0.717) is 17.0 Å². The van der Waals surface area contributed by atoms with Gasteiger partial charge in [0.15, 0.2) is 5.58 Å². The van der Waals surface area contributed by atoms with Crippen LogP contribution in [0.4, 0.5) is 0 Å². The number of hydrogen-bond donors (Lipinski definition) is 1. The van der Waals surface area contributed by atoms with Crippen molar-refractivity contribution in [3.63, 3.8) is 0 Å². The van der Waals surface area contributed by atoms with Crippen LogP contribution in [0.5, 0.6) is 0 Å². The maximum Gasteiger partial charge on any atom is 0.338 e. The Morgan fingerprint density at radius 3 is 2.43 bits per heavy atom. The first-order chi connectivity index (χ1) is 9.97. The molecule has 0 saturated heterocycles. The van der Waals surface area contributed by atoms with Crippen molar-refractivity contribution in [2.75, 3.05) is 0 Å². The van der Waals surface area contributed by atoms with Gasteiger partial charge in [0.25, 0.3) is 0 Å². The van der Waals surface area contributed by atoms with Crippen LogP contribution in [0.1, 0.15) is 27.0 Å². The zero-order chi connectivity index (χ0) is 15.1. The molecule has 4 heteroatoms. The van der Waals surface area contributed by atoms with E-state index in [9.17, 15) is 9.90 Å². The molecule has 106 valence electrons. The molecule has 0 aliphatic heterocycles. The maximum atomic E-state index is 11.3. The van der Waals surface area contributed by atoms with Crippen LogP contribution in [0.15, 0.2) is 34.7 Å². The number of fused-ring (bicyclic) bond motifs is 1. The van der Waals surface area contributed by atoms with E-state index in [-0.39, 0.29) is 5.56 Å². The van der Waals surface area contributed by atoms with E-state index >= 15 is 0 Å². The maximum absolute atomic E-state index is 11.3. The third-order valence-electron chi connectivity index (χ3n) is 3.54. The molecular weight excluding hydrogens is 266 g/mol. The van der Waals surface area contributed by atoms with Crippen molar-refractivity contribution in [2.24, 2.45) is 0 Å². The van der Waals surface area contributed by atoms with Gasteiger partial charge in [0, 0.05) is 5.56 Å². The van der Waals surface area contributed by atoms with Gasteiger partial charge in [-0.05, 0) is 44.0 Å². The quantitative estimate of drug-likeness (QED) is 0.767. The summed E-state index contributed by atoms with van der Waals surface area (Å²) in [5, 5.41) is 9.23. The summed E-state index contributed by atoms with van der Waals surface area (Å²) < 4.78 is 5.77. The number of aryl methyl sites for hydroxylation is 3. The largest absolute Gasteiger partial charge is 0.478 e. The third-order valence-corrected chi connectivity index (χ3v) is 3.54. The molecule has 4 nitrogen and oxygen atoms in total. The molecule has 0 radical (unpaired) electrons. The van der Waals surface area contributed by atoms with Crippen molar-refractivity contribution in [3.8, 4) is 11.5 Å². The fourth-order valence-corrected chi connectivity index (χ4v) is 2.75. The van der Waals surface area contributed by atoms with Crippen LogP contribution in [0, 0.1) is 20.8 Å². The number of nitrogens with zero attached hydrogens (tertiary/aromatic N) is 1. The van der Waals surface area contributed by atoms with Crippen molar-refractivity contribution >= 4 is 17.1 Å². The second kappa shape index (κ2) is 4.74. The number of carbonyl (C=O) groups is 1. The van der Waals surface area contributed by atoms with Gasteiger partial charge < -0.3 is 9.52 Å². The first-order valence-corrected chi connectivity index (χ1v) is 6.68. The Labute approximate surface area is 122 Å². The Hall–Kier alpha value is -2.62. The molecule has 0 aliphatic carbocycles. The molecule has 1 N–H and O–H groups in total. The Kier molecular flexibility index (Phi) is 3.01. The SMILES string of the molecule is Cc1cc(C)c(-c2nc3c(C(=O)O)cccc3o2)c(C)c1. The molecule has 0 saturated carbocycles. The Morgan fingerprint density at radius 1 is 1.14 bits per heavy atom. The summed E-state index contributed by atoms with van der Waals surface area (Å²) in [6.07, 6.45) is 0. The van der Waals surface area contributed by atoms with Crippen molar-refractivity contribution in [1.29, 1.82) is 0 Å². The number of benzene rings is 2. The molecule has 0 unspecified atom stereocenters. The van der Waals surface area contributed by atoms with Crippen LogP contribution in [-0.2, 0) is 0 Å². The van der Waals surface area contributed by atoms with E-state index in [4.69, 9.17) is 4.42 Å². The van der Waals surface area contributed by atoms with Crippen LogP contribution in [-0.4, -0.2) is 16.1 Å². The summed E-state index contributed by atoms with van der Waals surface area (Å²) in [5.41, 5.74) is 5.27. The van der Waals surface area contributed by atoms with Crippen LogP contribution in [0.25, 0.3) is 22.6 Å². The van der Waals surface area contributed by atoms with Gasteiger partial charge in [-0.3, -0.25) is 0 Å². The van der Waals surface area contributed by atoms with Gasteiger partial charge in [0.2, 0.25) is 5.89 Å². The molecule has 21 heavy (non-hydrogen) atoms. The lowest BCUT2D eigenvalue weighted by Gasteiger charge is -2.07. The van der Waals surface area contributed by atoms with Crippen LogP contribution >= 0.6 is 0 Å².